The third-order valence-corrected chi connectivity index (χ3v) is 4.77. The van der Waals surface area contributed by atoms with Gasteiger partial charge >= 0.3 is 0 Å². The van der Waals surface area contributed by atoms with Crippen molar-refractivity contribution >= 4 is 0 Å². The van der Waals surface area contributed by atoms with Crippen molar-refractivity contribution in [3.05, 3.63) is 18.0 Å². The average Bonchev–Trinajstić information content (AvgIpc) is 2.91. The highest BCUT2D eigenvalue weighted by atomic mass is 19.1. The molecule has 1 spiro atoms. The van der Waals surface area contributed by atoms with E-state index in [1.54, 1.807) is 6.20 Å². The Labute approximate surface area is 107 Å². The van der Waals surface area contributed by atoms with Crippen molar-refractivity contribution in [2.75, 3.05) is 13.1 Å². The number of aromatic nitrogens is 2. The number of nitrogens with two attached hydrogens (primary N) is 1. The van der Waals surface area contributed by atoms with Gasteiger partial charge in [-0.1, -0.05) is 0 Å². The van der Waals surface area contributed by atoms with Crippen molar-refractivity contribution in [1.82, 2.24) is 14.7 Å². The molecule has 1 saturated heterocycles. The molecule has 0 aromatic carbocycles. The fourth-order valence-electron chi connectivity index (χ4n) is 3.52. The van der Waals surface area contributed by atoms with Crippen LogP contribution in [0.3, 0.4) is 0 Å². The number of rotatable bonds is 1. The molecule has 1 unspecified atom stereocenters. The topological polar surface area (TPSA) is 47.1 Å². The molecule has 18 heavy (non-hydrogen) atoms. The lowest BCUT2D eigenvalue weighted by atomic mass is 9.72. The standard InChI is InChI=1S/C13H21FN4/c1-9(2)17-7-4-13(5-8-17)10-3-6-16-18(10)12(14)11(13)15/h3,6,9,11-12H,4-5,7-8,15H2,1-2H3/t11-,12?/m1/s1. The third-order valence-electron chi connectivity index (χ3n) is 4.77. The molecule has 0 radical (unpaired) electrons. The zero-order chi connectivity index (χ0) is 12.9. The van der Waals surface area contributed by atoms with Crippen LogP contribution in [-0.2, 0) is 5.41 Å². The van der Waals surface area contributed by atoms with E-state index in [0.29, 0.717) is 6.04 Å². The van der Waals surface area contributed by atoms with Crippen LogP contribution < -0.4 is 5.73 Å². The molecule has 0 bridgehead atoms. The van der Waals surface area contributed by atoms with E-state index in [2.05, 4.69) is 23.8 Å². The predicted octanol–water partition coefficient (Wildman–Crippen LogP) is 1.43. The van der Waals surface area contributed by atoms with Gasteiger partial charge in [-0.3, -0.25) is 0 Å². The zero-order valence-electron chi connectivity index (χ0n) is 11.0. The maximum absolute atomic E-state index is 14.2. The summed E-state index contributed by atoms with van der Waals surface area (Å²) in [6, 6.07) is 2.03. The van der Waals surface area contributed by atoms with Gasteiger partial charge in [0.1, 0.15) is 0 Å². The highest BCUT2D eigenvalue weighted by Gasteiger charge is 2.53. The minimum Gasteiger partial charge on any atom is -0.323 e. The Balaban J connectivity index is 1.89. The fraction of sp³-hybridized carbons (Fsp3) is 0.769. The molecule has 2 aliphatic rings. The van der Waals surface area contributed by atoms with Crippen molar-refractivity contribution in [2.24, 2.45) is 5.73 Å². The third kappa shape index (κ3) is 1.47. The Morgan fingerprint density at radius 2 is 2.11 bits per heavy atom. The molecule has 2 atom stereocenters. The molecule has 1 aromatic rings. The maximum Gasteiger partial charge on any atom is 0.207 e. The van der Waals surface area contributed by atoms with E-state index >= 15 is 0 Å². The van der Waals surface area contributed by atoms with Crippen molar-refractivity contribution in [3.8, 4) is 0 Å². The van der Waals surface area contributed by atoms with E-state index in [1.807, 2.05) is 6.07 Å². The summed E-state index contributed by atoms with van der Waals surface area (Å²) in [5.74, 6) is 0. The van der Waals surface area contributed by atoms with Crippen LogP contribution in [0.25, 0.3) is 0 Å². The summed E-state index contributed by atoms with van der Waals surface area (Å²) in [5.41, 5.74) is 6.93. The molecule has 2 aliphatic heterocycles. The first-order valence-electron chi connectivity index (χ1n) is 6.74. The largest absolute Gasteiger partial charge is 0.323 e. The van der Waals surface area contributed by atoms with Gasteiger partial charge in [-0.25, -0.2) is 9.07 Å². The van der Waals surface area contributed by atoms with Gasteiger partial charge in [0.05, 0.1) is 6.04 Å². The molecule has 1 fully saturated rings. The van der Waals surface area contributed by atoms with Crippen LogP contribution in [0.15, 0.2) is 12.3 Å². The quantitative estimate of drug-likeness (QED) is 0.822. The zero-order valence-corrected chi connectivity index (χ0v) is 11.0. The van der Waals surface area contributed by atoms with Gasteiger partial charge in [0.25, 0.3) is 0 Å². The van der Waals surface area contributed by atoms with E-state index < -0.39 is 12.3 Å². The van der Waals surface area contributed by atoms with Crippen LogP contribution in [0.1, 0.15) is 38.7 Å². The Hall–Kier alpha value is -0.940. The van der Waals surface area contributed by atoms with Gasteiger partial charge in [0.2, 0.25) is 6.30 Å². The lowest BCUT2D eigenvalue weighted by Crippen LogP contribution is -2.52. The van der Waals surface area contributed by atoms with Gasteiger partial charge in [-0.05, 0) is 45.8 Å². The van der Waals surface area contributed by atoms with E-state index in [1.165, 1.54) is 4.68 Å². The predicted molar refractivity (Wildman–Crippen MR) is 68.0 cm³/mol. The number of piperidine rings is 1. The van der Waals surface area contributed by atoms with E-state index in [0.717, 1.165) is 31.6 Å². The van der Waals surface area contributed by atoms with Gasteiger partial charge in [0, 0.05) is 23.3 Å². The highest BCUT2D eigenvalue weighted by molar-refractivity contribution is 5.27. The lowest BCUT2D eigenvalue weighted by molar-refractivity contribution is 0.0960. The number of fused-ring (bicyclic) bond motifs is 2. The summed E-state index contributed by atoms with van der Waals surface area (Å²) in [5, 5.41) is 4.08. The van der Waals surface area contributed by atoms with Gasteiger partial charge in [-0.15, -0.1) is 0 Å². The van der Waals surface area contributed by atoms with E-state index in [-0.39, 0.29) is 5.41 Å². The van der Waals surface area contributed by atoms with Crippen LogP contribution in [0.2, 0.25) is 0 Å². The summed E-state index contributed by atoms with van der Waals surface area (Å²) in [7, 11) is 0. The molecule has 0 aliphatic carbocycles. The summed E-state index contributed by atoms with van der Waals surface area (Å²) >= 11 is 0. The molecule has 2 N–H and O–H groups in total. The van der Waals surface area contributed by atoms with E-state index in [4.69, 9.17) is 5.73 Å². The SMILES string of the molecule is CC(C)N1CCC2(CC1)c1ccnn1C(F)[C@H]2N. The second-order valence-corrected chi connectivity index (χ2v) is 5.85. The van der Waals surface area contributed by atoms with Crippen molar-refractivity contribution in [2.45, 2.75) is 50.5 Å². The average molecular weight is 252 g/mol. The van der Waals surface area contributed by atoms with Gasteiger partial charge in [-0.2, -0.15) is 5.10 Å². The first-order chi connectivity index (χ1) is 8.56. The van der Waals surface area contributed by atoms with Crippen LogP contribution in [0.4, 0.5) is 4.39 Å². The van der Waals surface area contributed by atoms with Crippen LogP contribution in [0, 0.1) is 0 Å². The summed E-state index contributed by atoms with van der Waals surface area (Å²) in [6.45, 7) is 6.39. The van der Waals surface area contributed by atoms with Crippen LogP contribution in [0.5, 0.6) is 0 Å². The smallest absolute Gasteiger partial charge is 0.207 e. The molecule has 0 saturated carbocycles. The molecular weight excluding hydrogens is 231 g/mol. The first-order valence-corrected chi connectivity index (χ1v) is 6.74. The highest BCUT2D eigenvalue weighted by Crippen LogP contribution is 2.47. The van der Waals surface area contributed by atoms with Crippen LogP contribution in [-0.4, -0.2) is 39.9 Å². The number of alkyl halides is 1. The first kappa shape index (κ1) is 12.1. The molecule has 1 aromatic heterocycles. The molecule has 3 rings (SSSR count). The van der Waals surface area contributed by atoms with E-state index in [9.17, 15) is 4.39 Å². The molecule has 0 amide bonds. The molecule has 4 nitrogen and oxygen atoms in total. The molecule has 5 heteroatoms. The number of likely N-dealkylation sites (tertiary alicyclic amines) is 1. The minimum atomic E-state index is -1.17. The summed E-state index contributed by atoms with van der Waals surface area (Å²) in [6.07, 6.45) is 2.38. The Bertz CT molecular complexity index is 434. The number of nitrogens with zero attached hydrogens (tertiary/aromatic N) is 3. The lowest BCUT2D eigenvalue weighted by Gasteiger charge is -2.42. The monoisotopic (exact) mass is 252 g/mol. The second-order valence-electron chi connectivity index (χ2n) is 5.85. The Morgan fingerprint density at radius 1 is 1.44 bits per heavy atom. The molecule has 100 valence electrons. The Kier molecular flexibility index (Phi) is 2.71. The van der Waals surface area contributed by atoms with Crippen molar-refractivity contribution in [1.29, 1.82) is 0 Å². The normalized spacial score (nSPS) is 31.2. The van der Waals surface area contributed by atoms with Crippen molar-refractivity contribution in [3.63, 3.8) is 0 Å². The second kappa shape index (κ2) is 4.03. The van der Waals surface area contributed by atoms with Gasteiger partial charge < -0.3 is 10.6 Å². The number of halogens is 1. The maximum atomic E-state index is 14.2. The number of hydrogen-bond donors (Lipinski definition) is 1. The number of hydrogen-bond acceptors (Lipinski definition) is 3. The molecular formula is C13H21FN4. The fourth-order valence-corrected chi connectivity index (χ4v) is 3.52. The minimum absolute atomic E-state index is 0.207. The van der Waals surface area contributed by atoms with Crippen LogP contribution >= 0.6 is 0 Å². The molecule has 3 heterocycles. The van der Waals surface area contributed by atoms with Crippen molar-refractivity contribution < 1.29 is 4.39 Å². The van der Waals surface area contributed by atoms with Gasteiger partial charge in [0.15, 0.2) is 0 Å². The summed E-state index contributed by atoms with van der Waals surface area (Å²) in [4.78, 5) is 2.43. The summed E-state index contributed by atoms with van der Waals surface area (Å²) < 4.78 is 15.7. The Morgan fingerprint density at radius 3 is 2.72 bits per heavy atom.